The predicted octanol–water partition coefficient (Wildman–Crippen LogP) is 2.66. The second-order valence-corrected chi connectivity index (χ2v) is 7.23. The minimum atomic E-state index is -0.882. The van der Waals surface area contributed by atoms with E-state index >= 15 is 0 Å². The molecule has 0 aliphatic heterocycles. The van der Waals surface area contributed by atoms with E-state index in [1.54, 1.807) is 29.9 Å². The SMILES string of the molecule is Cc1nn(Cc2ccc(C#N)cc2)cc1-c1c(C(N)=O)nc2cc(F)ccc2c1C(N)=O. The van der Waals surface area contributed by atoms with Gasteiger partial charge in [0.15, 0.2) is 0 Å². The Morgan fingerprint density at radius 2 is 1.84 bits per heavy atom. The summed E-state index contributed by atoms with van der Waals surface area (Å²) in [5, 5.41) is 13.7. The van der Waals surface area contributed by atoms with Gasteiger partial charge in [-0.05, 0) is 36.8 Å². The van der Waals surface area contributed by atoms with Crippen molar-refractivity contribution in [3.63, 3.8) is 0 Å². The summed E-state index contributed by atoms with van der Waals surface area (Å²) in [7, 11) is 0. The Kier molecular flexibility index (Phi) is 5.12. The summed E-state index contributed by atoms with van der Waals surface area (Å²) in [6.07, 6.45) is 1.67. The molecule has 0 saturated heterocycles. The molecule has 0 aliphatic rings. The smallest absolute Gasteiger partial charge is 0.267 e. The lowest BCUT2D eigenvalue weighted by Crippen LogP contribution is -2.20. The molecule has 4 rings (SSSR count). The minimum Gasteiger partial charge on any atom is -0.366 e. The molecule has 0 fully saturated rings. The Labute approximate surface area is 181 Å². The van der Waals surface area contributed by atoms with Crippen molar-refractivity contribution in [2.75, 3.05) is 0 Å². The maximum absolute atomic E-state index is 13.7. The van der Waals surface area contributed by atoms with Gasteiger partial charge in [0.05, 0.1) is 35.0 Å². The van der Waals surface area contributed by atoms with Crippen LogP contribution in [0.1, 0.15) is 37.7 Å². The second-order valence-electron chi connectivity index (χ2n) is 7.23. The van der Waals surface area contributed by atoms with E-state index in [0.29, 0.717) is 28.8 Å². The standard InChI is InChI=1S/C23H17FN6O2/c1-12-17(11-30(29-12)10-14-4-2-13(9-25)3-5-14)19-20(22(26)31)16-7-6-15(24)8-18(16)28-21(19)23(27)32/h2-8,11H,10H2,1H3,(H2,26,31)(H2,27,32). The topological polar surface area (TPSA) is 141 Å². The fourth-order valence-corrected chi connectivity index (χ4v) is 3.65. The second kappa shape index (κ2) is 7.92. The van der Waals surface area contributed by atoms with Gasteiger partial charge >= 0.3 is 0 Å². The molecule has 2 aromatic carbocycles. The lowest BCUT2D eigenvalue weighted by atomic mass is 9.94. The molecular formula is C23H17FN6O2. The first-order valence-corrected chi connectivity index (χ1v) is 9.55. The molecule has 32 heavy (non-hydrogen) atoms. The van der Waals surface area contributed by atoms with Gasteiger partial charge in [-0.2, -0.15) is 10.4 Å². The number of amides is 2. The number of carbonyl (C=O) groups is 2. The number of fused-ring (bicyclic) bond motifs is 1. The molecule has 158 valence electrons. The molecule has 0 aliphatic carbocycles. The summed E-state index contributed by atoms with van der Waals surface area (Å²) >= 11 is 0. The van der Waals surface area contributed by atoms with Crippen molar-refractivity contribution in [1.82, 2.24) is 14.8 Å². The molecular weight excluding hydrogens is 411 g/mol. The molecule has 0 unspecified atom stereocenters. The molecule has 0 spiro atoms. The van der Waals surface area contributed by atoms with E-state index in [9.17, 15) is 14.0 Å². The average molecular weight is 428 g/mol. The number of carbonyl (C=O) groups excluding carboxylic acids is 2. The highest BCUT2D eigenvalue weighted by molar-refractivity contribution is 6.15. The normalized spacial score (nSPS) is 10.8. The number of benzene rings is 2. The van der Waals surface area contributed by atoms with Gasteiger partial charge in [-0.1, -0.05) is 12.1 Å². The van der Waals surface area contributed by atoms with Crippen LogP contribution in [0.25, 0.3) is 22.0 Å². The van der Waals surface area contributed by atoms with E-state index < -0.39 is 17.6 Å². The number of nitrogens with two attached hydrogens (primary N) is 2. The van der Waals surface area contributed by atoms with Crippen LogP contribution in [0.4, 0.5) is 4.39 Å². The summed E-state index contributed by atoms with van der Waals surface area (Å²) in [5.74, 6) is -2.26. The Morgan fingerprint density at radius 1 is 1.12 bits per heavy atom. The summed E-state index contributed by atoms with van der Waals surface area (Å²) < 4.78 is 15.4. The summed E-state index contributed by atoms with van der Waals surface area (Å²) in [6, 6.07) is 12.8. The van der Waals surface area contributed by atoms with E-state index in [2.05, 4.69) is 16.2 Å². The van der Waals surface area contributed by atoms with Crippen molar-refractivity contribution in [2.24, 2.45) is 11.5 Å². The van der Waals surface area contributed by atoms with Crippen LogP contribution in [0.15, 0.2) is 48.7 Å². The third-order valence-electron chi connectivity index (χ3n) is 5.07. The quantitative estimate of drug-likeness (QED) is 0.503. The minimum absolute atomic E-state index is 0.0184. The van der Waals surface area contributed by atoms with E-state index in [-0.39, 0.29) is 22.3 Å². The number of primary amides is 2. The van der Waals surface area contributed by atoms with Gasteiger partial charge in [-0.15, -0.1) is 0 Å². The molecule has 2 heterocycles. The van der Waals surface area contributed by atoms with Crippen LogP contribution >= 0.6 is 0 Å². The third kappa shape index (κ3) is 3.65. The number of aryl methyl sites for hydroxylation is 1. The number of pyridine rings is 1. The van der Waals surface area contributed by atoms with Gasteiger partial charge in [0, 0.05) is 28.8 Å². The first-order chi connectivity index (χ1) is 15.3. The van der Waals surface area contributed by atoms with Crippen molar-refractivity contribution in [3.05, 3.63) is 82.6 Å². The van der Waals surface area contributed by atoms with Crippen molar-refractivity contribution in [3.8, 4) is 17.2 Å². The lowest BCUT2D eigenvalue weighted by Gasteiger charge is -2.13. The van der Waals surface area contributed by atoms with Gasteiger partial charge in [0.1, 0.15) is 11.5 Å². The highest BCUT2D eigenvalue weighted by Crippen LogP contribution is 2.34. The van der Waals surface area contributed by atoms with E-state index in [4.69, 9.17) is 16.7 Å². The van der Waals surface area contributed by atoms with Gasteiger partial charge in [-0.25, -0.2) is 9.37 Å². The fraction of sp³-hybridized carbons (Fsp3) is 0.0870. The monoisotopic (exact) mass is 428 g/mol. The zero-order chi connectivity index (χ0) is 23.0. The Hall–Kier alpha value is -4.58. The van der Waals surface area contributed by atoms with Gasteiger partial charge < -0.3 is 11.5 Å². The number of rotatable bonds is 5. The van der Waals surface area contributed by atoms with Gasteiger partial charge in [0.2, 0.25) is 5.91 Å². The number of aromatic nitrogens is 3. The zero-order valence-corrected chi connectivity index (χ0v) is 17.0. The summed E-state index contributed by atoms with van der Waals surface area (Å²) in [6.45, 7) is 2.10. The first-order valence-electron chi connectivity index (χ1n) is 9.55. The van der Waals surface area contributed by atoms with Crippen LogP contribution in [-0.2, 0) is 6.54 Å². The number of nitriles is 1. The van der Waals surface area contributed by atoms with Crippen molar-refractivity contribution < 1.29 is 14.0 Å². The third-order valence-corrected chi connectivity index (χ3v) is 5.07. The highest BCUT2D eigenvalue weighted by Gasteiger charge is 2.25. The molecule has 0 radical (unpaired) electrons. The van der Waals surface area contributed by atoms with E-state index in [1.165, 1.54) is 12.1 Å². The molecule has 2 aromatic heterocycles. The first kappa shape index (κ1) is 20.7. The van der Waals surface area contributed by atoms with Crippen molar-refractivity contribution >= 4 is 22.7 Å². The predicted molar refractivity (Wildman–Crippen MR) is 115 cm³/mol. The number of hydrogen-bond acceptors (Lipinski definition) is 5. The Balaban J connectivity index is 1.91. The lowest BCUT2D eigenvalue weighted by molar-refractivity contribution is 0.0996. The van der Waals surface area contributed by atoms with E-state index in [1.807, 2.05) is 12.1 Å². The highest BCUT2D eigenvalue weighted by atomic mass is 19.1. The molecule has 9 heteroatoms. The maximum atomic E-state index is 13.7. The molecule has 4 N–H and O–H groups in total. The largest absolute Gasteiger partial charge is 0.366 e. The van der Waals surface area contributed by atoms with Crippen LogP contribution < -0.4 is 11.5 Å². The van der Waals surface area contributed by atoms with Crippen LogP contribution in [0.5, 0.6) is 0 Å². The number of nitrogens with zero attached hydrogens (tertiary/aromatic N) is 4. The van der Waals surface area contributed by atoms with Gasteiger partial charge in [-0.3, -0.25) is 14.3 Å². The fourth-order valence-electron chi connectivity index (χ4n) is 3.65. The summed E-state index contributed by atoms with van der Waals surface area (Å²) in [5.41, 5.74) is 13.7. The Morgan fingerprint density at radius 3 is 2.47 bits per heavy atom. The number of hydrogen-bond donors (Lipinski definition) is 2. The molecule has 0 bridgehead atoms. The molecule has 2 amide bonds. The summed E-state index contributed by atoms with van der Waals surface area (Å²) in [4.78, 5) is 28.9. The molecule has 0 atom stereocenters. The zero-order valence-electron chi connectivity index (χ0n) is 17.0. The van der Waals surface area contributed by atoms with E-state index in [0.717, 1.165) is 11.6 Å². The van der Waals surface area contributed by atoms with Crippen LogP contribution in [-0.4, -0.2) is 26.6 Å². The van der Waals surface area contributed by atoms with Crippen molar-refractivity contribution in [2.45, 2.75) is 13.5 Å². The number of halogens is 1. The van der Waals surface area contributed by atoms with Crippen LogP contribution in [0.3, 0.4) is 0 Å². The molecule has 4 aromatic rings. The molecule has 0 saturated carbocycles. The van der Waals surface area contributed by atoms with Crippen molar-refractivity contribution in [1.29, 1.82) is 5.26 Å². The molecule has 8 nitrogen and oxygen atoms in total. The maximum Gasteiger partial charge on any atom is 0.267 e. The average Bonchev–Trinajstić information content (AvgIpc) is 3.12. The van der Waals surface area contributed by atoms with Gasteiger partial charge in [0.25, 0.3) is 5.91 Å². The van der Waals surface area contributed by atoms with Crippen LogP contribution in [0.2, 0.25) is 0 Å². The Bertz CT molecular complexity index is 1430. The van der Waals surface area contributed by atoms with Crippen LogP contribution in [0, 0.1) is 24.1 Å².